The van der Waals surface area contributed by atoms with Gasteiger partial charge in [-0.25, -0.2) is 0 Å². The average molecular weight is 264 g/mol. The molecule has 1 aromatic rings. The second kappa shape index (κ2) is 8.08. The van der Waals surface area contributed by atoms with Gasteiger partial charge in [0.2, 0.25) is 0 Å². The van der Waals surface area contributed by atoms with Crippen LogP contribution in [0.3, 0.4) is 0 Å². The zero-order valence-corrected chi connectivity index (χ0v) is 12.6. The van der Waals surface area contributed by atoms with E-state index in [1.54, 1.807) is 6.07 Å². The molecule has 0 aliphatic rings. The topological polar surface area (TPSA) is 40.5 Å². The molecule has 2 nitrogen and oxygen atoms in total. The van der Waals surface area contributed by atoms with Gasteiger partial charge in [0.25, 0.3) is 0 Å². The van der Waals surface area contributed by atoms with E-state index in [1.165, 1.54) is 24.0 Å². The molecule has 1 aromatic carbocycles. The van der Waals surface area contributed by atoms with Crippen LogP contribution in [0, 0.1) is 0 Å². The van der Waals surface area contributed by atoms with E-state index < -0.39 is 0 Å². The third-order valence-corrected chi connectivity index (χ3v) is 3.77. The van der Waals surface area contributed by atoms with Crippen LogP contribution >= 0.6 is 0 Å². The molecule has 0 atom stereocenters. The van der Waals surface area contributed by atoms with Crippen LogP contribution in [0.15, 0.2) is 6.07 Å². The summed E-state index contributed by atoms with van der Waals surface area (Å²) < 4.78 is 0. The van der Waals surface area contributed by atoms with Gasteiger partial charge in [-0.2, -0.15) is 0 Å². The molecule has 0 spiro atoms. The first-order valence-electron chi connectivity index (χ1n) is 7.71. The number of unbranched alkanes of at least 4 members (excludes halogenated alkanes) is 3. The number of benzene rings is 1. The first kappa shape index (κ1) is 15.9. The van der Waals surface area contributed by atoms with E-state index in [2.05, 4.69) is 13.8 Å². The van der Waals surface area contributed by atoms with Crippen molar-refractivity contribution >= 4 is 0 Å². The van der Waals surface area contributed by atoms with Crippen LogP contribution in [0.4, 0.5) is 0 Å². The second-order valence-corrected chi connectivity index (χ2v) is 5.27. The van der Waals surface area contributed by atoms with Crippen LogP contribution in [-0.2, 0) is 19.3 Å². The fraction of sp³-hybridized carbons (Fsp3) is 0.647. The summed E-state index contributed by atoms with van der Waals surface area (Å²) in [5.74, 6) is 0.136. The highest BCUT2D eigenvalue weighted by molar-refractivity contribution is 5.53. The number of phenols is 2. The molecule has 2 N–H and O–H groups in total. The lowest BCUT2D eigenvalue weighted by Gasteiger charge is -2.17. The molecule has 108 valence electrons. The summed E-state index contributed by atoms with van der Waals surface area (Å²) in [5, 5.41) is 19.9. The maximum absolute atomic E-state index is 10.0. The quantitative estimate of drug-likeness (QED) is 0.526. The smallest absolute Gasteiger partial charge is 0.160 e. The Bertz CT molecular complexity index is 397. The molecule has 0 radical (unpaired) electrons. The van der Waals surface area contributed by atoms with Crippen LogP contribution < -0.4 is 0 Å². The van der Waals surface area contributed by atoms with E-state index in [1.807, 2.05) is 6.92 Å². The van der Waals surface area contributed by atoms with Crippen molar-refractivity contribution in [3.8, 4) is 11.5 Å². The number of rotatable bonds is 8. The summed E-state index contributed by atoms with van der Waals surface area (Å²) in [7, 11) is 0. The van der Waals surface area contributed by atoms with Gasteiger partial charge in [0.05, 0.1) is 0 Å². The number of phenolic OH excluding ortho intramolecular Hbond substituents is 2. The Morgan fingerprint density at radius 2 is 1.53 bits per heavy atom. The first-order chi connectivity index (χ1) is 9.15. The van der Waals surface area contributed by atoms with E-state index in [0.29, 0.717) is 0 Å². The van der Waals surface area contributed by atoms with Crippen molar-refractivity contribution in [1.29, 1.82) is 0 Å². The van der Waals surface area contributed by atoms with E-state index in [4.69, 9.17) is 0 Å². The molecule has 0 saturated carbocycles. The predicted molar refractivity (Wildman–Crippen MR) is 81.0 cm³/mol. The van der Waals surface area contributed by atoms with Crippen molar-refractivity contribution in [1.82, 2.24) is 0 Å². The van der Waals surface area contributed by atoms with Crippen LogP contribution in [0.1, 0.15) is 69.6 Å². The fourth-order valence-corrected chi connectivity index (χ4v) is 2.65. The molecule has 1 rings (SSSR count). The van der Waals surface area contributed by atoms with Gasteiger partial charge in [-0.05, 0) is 49.3 Å². The van der Waals surface area contributed by atoms with E-state index in [0.717, 1.165) is 44.1 Å². The lowest BCUT2D eigenvalue weighted by molar-refractivity contribution is 0.398. The third-order valence-electron chi connectivity index (χ3n) is 3.77. The molecule has 0 heterocycles. The molecule has 0 unspecified atom stereocenters. The number of hydrogen-bond donors (Lipinski definition) is 2. The Hall–Kier alpha value is -1.18. The molecule has 0 bridgehead atoms. The molecular weight excluding hydrogens is 236 g/mol. The minimum Gasteiger partial charge on any atom is -0.504 e. The third kappa shape index (κ3) is 4.15. The fourth-order valence-electron chi connectivity index (χ4n) is 2.65. The van der Waals surface area contributed by atoms with Crippen molar-refractivity contribution in [2.24, 2.45) is 0 Å². The van der Waals surface area contributed by atoms with Gasteiger partial charge in [0.1, 0.15) is 0 Å². The summed E-state index contributed by atoms with van der Waals surface area (Å²) in [6, 6.07) is 1.77. The van der Waals surface area contributed by atoms with Gasteiger partial charge < -0.3 is 10.2 Å². The minimum atomic E-state index is 0.0450. The normalized spacial score (nSPS) is 10.9. The monoisotopic (exact) mass is 264 g/mol. The molecule has 2 heteroatoms. The van der Waals surface area contributed by atoms with Crippen LogP contribution in [0.5, 0.6) is 11.5 Å². The summed E-state index contributed by atoms with van der Waals surface area (Å²) in [4.78, 5) is 0. The van der Waals surface area contributed by atoms with Gasteiger partial charge in [-0.1, -0.05) is 40.0 Å². The number of hydrogen-bond acceptors (Lipinski definition) is 2. The summed E-state index contributed by atoms with van der Waals surface area (Å²) in [6.07, 6.45) is 8.66. The van der Waals surface area contributed by atoms with Gasteiger partial charge >= 0.3 is 0 Å². The van der Waals surface area contributed by atoms with Crippen molar-refractivity contribution in [3.63, 3.8) is 0 Å². The lowest BCUT2D eigenvalue weighted by atomic mass is 9.91. The van der Waals surface area contributed by atoms with Crippen LogP contribution in [-0.4, -0.2) is 10.2 Å². The van der Waals surface area contributed by atoms with Crippen molar-refractivity contribution < 1.29 is 10.2 Å². The van der Waals surface area contributed by atoms with E-state index >= 15 is 0 Å². The van der Waals surface area contributed by atoms with Crippen molar-refractivity contribution in [3.05, 3.63) is 22.8 Å². The highest BCUT2D eigenvalue weighted by atomic mass is 16.3. The van der Waals surface area contributed by atoms with E-state index in [-0.39, 0.29) is 11.5 Å². The zero-order chi connectivity index (χ0) is 14.3. The van der Waals surface area contributed by atoms with E-state index in [9.17, 15) is 10.2 Å². The second-order valence-electron chi connectivity index (χ2n) is 5.27. The van der Waals surface area contributed by atoms with Gasteiger partial charge in [-0.3, -0.25) is 0 Å². The highest BCUT2D eigenvalue weighted by Gasteiger charge is 2.15. The average Bonchev–Trinajstić information content (AvgIpc) is 2.41. The number of aryl methyl sites for hydroxylation is 1. The minimum absolute atomic E-state index is 0.0450. The van der Waals surface area contributed by atoms with Gasteiger partial charge in [-0.15, -0.1) is 0 Å². The standard InChI is InChI=1S/C17H28O2/c1-4-7-9-10-13-12-16(18)17(19)14(6-3)15(13)11-8-5-2/h12,18-19H,4-11H2,1-3H3. The number of aromatic hydroxyl groups is 2. The Balaban J connectivity index is 3.06. The largest absolute Gasteiger partial charge is 0.504 e. The first-order valence-corrected chi connectivity index (χ1v) is 7.71. The molecule has 0 aromatic heterocycles. The predicted octanol–water partition coefficient (Wildman–Crippen LogP) is 4.74. The Kier molecular flexibility index (Phi) is 6.75. The molecule has 0 saturated heterocycles. The summed E-state index contributed by atoms with van der Waals surface area (Å²) in [5.41, 5.74) is 3.45. The molecule has 19 heavy (non-hydrogen) atoms. The SMILES string of the molecule is CCCCCc1cc(O)c(O)c(CC)c1CCCC. The van der Waals surface area contributed by atoms with Gasteiger partial charge in [0, 0.05) is 5.56 Å². The lowest BCUT2D eigenvalue weighted by Crippen LogP contribution is -2.01. The Labute approximate surface area is 117 Å². The highest BCUT2D eigenvalue weighted by Crippen LogP contribution is 2.36. The maximum atomic E-state index is 10.0. The molecule has 0 fully saturated rings. The van der Waals surface area contributed by atoms with Crippen molar-refractivity contribution in [2.75, 3.05) is 0 Å². The summed E-state index contributed by atoms with van der Waals surface area (Å²) in [6.45, 7) is 6.42. The molecule has 0 aliphatic heterocycles. The van der Waals surface area contributed by atoms with Crippen molar-refractivity contribution in [2.45, 2.75) is 72.1 Å². The molecule has 0 aliphatic carbocycles. The Morgan fingerprint density at radius 3 is 2.11 bits per heavy atom. The van der Waals surface area contributed by atoms with Crippen LogP contribution in [0.25, 0.3) is 0 Å². The molecule has 0 amide bonds. The summed E-state index contributed by atoms with van der Waals surface area (Å²) >= 11 is 0. The van der Waals surface area contributed by atoms with Gasteiger partial charge in [0.15, 0.2) is 11.5 Å². The molecular formula is C17H28O2. The maximum Gasteiger partial charge on any atom is 0.160 e. The zero-order valence-electron chi connectivity index (χ0n) is 12.6. The van der Waals surface area contributed by atoms with Crippen LogP contribution in [0.2, 0.25) is 0 Å². The Morgan fingerprint density at radius 1 is 0.842 bits per heavy atom.